The molecule has 1 saturated heterocycles. The lowest BCUT2D eigenvalue weighted by Crippen LogP contribution is -2.36. The van der Waals surface area contributed by atoms with Crippen LogP contribution >= 0.6 is 0 Å². The lowest BCUT2D eigenvalue weighted by molar-refractivity contribution is -0.140. The first-order valence-electron chi connectivity index (χ1n) is 4.64. The third kappa shape index (κ3) is 1.56. The highest BCUT2D eigenvalue weighted by Gasteiger charge is 2.40. The molecular weight excluding hydrogens is 212 g/mol. The van der Waals surface area contributed by atoms with Crippen molar-refractivity contribution in [1.29, 1.82) is 0 Å². The van der Waals surface area contributed by atoms with Crippen molar-refractivity contribution >= 4 is 17.8 Å². The molecule has 0 aliphatic carbocycles. The van der Waals surface area contributed by atoms with Crippen molar-refractivity contribution in [1.82, 2.24) is 14.9 Å². The van der Waals surface area contributed by atoms with Crippen LogP contribution in [0.15, 0.2) is 18.6 Å². The van der Waals surface area contributed by atoms with Gasteiger partial charge in [-0.1, -0.05) is 0 Å². The summed E-state index contributed by atoms with van der Waals surface area (Å²) in [5.74, 6) is -0.662. The number of hydrogen-bond donors (Lipinski definition) is 1. The summed E-state index contributed by atoms with van der Waals surface area (Å²) >= 11 is 0. The zero-order chi connectivity index (χ0) is 11.7. The van der Waals surface area contributed by atoms with Crippen LogP contribution in [0.25, 0.3) is 0 Å². The molecule has 1 fully saturated rings. The van der Waals surface area contributed by atoms with E-state index >= 15 is 0 Å². The van der Waals surface area contributed by atoms with Gasteiger partial charge >= 0.3 is 12.0 Å². The Labute approximate surface area is 91.3 Å². The first-order valence-corrected chi connectivity index (χ1v) is 4.64. The quantitative estimate of drug-likeness (QED) is 0.748. The van der Waals surface area contributed by atoms with Crippen molar-refractivity contribution in [3.63, 3.8) is 0 Å². The summed E-state index contributed by atoms with van der Waals surface area (Å²) in [7, 11) is 1.46. The molecule has 84 valence electrons. The van der Waals surface area contributed by atoms with Crippen molar-refractivity contribution in [3.8, 4) is 0 Å². The van der Waals surface area contributed by atoms with Crippen LogP contribution in [-0.4, -0.2) is 51.6 Å². The number of urea groups is 1. The number of amides is 2. The summed E-state index contributed by atoms with van der Waals surface area (Å²) in [6, 6.07) is -1.22. The molecule has 2 heterocycles. The van der Waals surface area contributed by atoms with Crippen LogP contribution in [0, 0.1) is 0 Å². The number of aliphatic carboxylic acids is 1. The number of carboxylic acid groups (broad SMARTS) is 1. The van der Waals surface area contributed by atoms with E-state index < -0.39 is 12.0 Å². The van der Waals surface area contributed by atoms with Crippen LogP contribution < -0.4 is 4.90 Å². The molecule has 7 nitrogen and oxygen atoms in total. The van der Waals surface area contributed by atoms with Gasteiger partial charge in [-0.05, 0) is 0 Å². The van der Waals surface area contributed by atoms with E-state index in [-0.39, 0.29) is 12.6 Å². The van der Waals surface area contributed by atoms with Gasteiger partial charge in [0.15, 0.2) is 5.82 Å². The molecular formula is C9H10N4O3. The van der Waals surface area contributed by atoms with Gasteiger partial charge in [0, 0.05) is 19.4 Å². The summed E-state index contributed by atoms with van der Waals surface area (Å²) in [5.41, 5.74) is 0. The summed E-state index contributed by atoms with van der Waals surface area (Å²) in [6.45, 7) is 0.0867. The van der Waals surface area contributed by atoms with Gasteiger partial charge in [0.2, 0.25) is 0 Å². The molecule has 2 amide bonds. The van der Waals surface area contributed by atoms with E-state index in [9.17, 15) is 9.59 Å². The zero-order valence-corrected chi connectivity index (χ0v) is 8.57. The van der Waals surface area contributed by atoms with Gasteiger partial charge in [-0.25, -0.2) is 14.6 Å². The fourth-order valence-electron chi connectivity index (χ4n) is 1.56. The minimum Gasteiger partial charge on any atom is -0.480 e. The Morgan fingerprint density at radius 1 is 1.56 bits per heavy atom. The van der Waals surface area contributed by atoms with E-state index in [0.29, 0.717) is 5.82 Å². The maximum Gasteiger partial charge on any atom is 0.328 e. The molecule has 7 heteroatoms. The van der Waals surface area contributed by atoms with Crippen LogP contribution in [-0.2, 0) is 4.79 Å². The van der Waals surface area contributed by atoms with Crippen LogP contribution in [0.4, 0.5) is 10.6 Å². The van der Waals surface area contributed by atoms with Crippen LogP contribution in [0.2, 0.25) is 0 Å². The Morgan fingerprint density at radius 3 is 2.81 bits per heavy atom. The normalized spacial score (nSPS) is 20.3. The van der Waals surface area contributed by atoms with Gasteiger partial charge in [0.1, 0.15) is 6.04 Å². The standard InChI is InChI=1S/C9H10N4O3/c1-12-6(8(14)15)5-13(9(12)16)7-4-10-2-3-11-7/h2-4,6H,5H2,1H3,(H,14,15). The Balaban J connectivity index is 2.26. The molecule has 1 unspecified atom stereocenters. The number of carboxylic acids is 1. The van der Waals surface area contributed by atoms with Crippen molar-refractivity contribution in [2.75, 3.05) is 18.5 Å². The highest BCUT2D eigenvalue weighted by atomic mass is 16.4. The molecule has 1 aliphatic heterocycles. The second-order valence-electron chi connectivity index (χ2n) is 3.42. The van der Waals surface area contributed by atoms with Crippen molar-refractivity contribution < 1.29 is 14.7 Å². The third-order valence-corrected chi connectivity index (χ3v) is 2.47. The Bertz CT molecular complexity index is 422. The molecule has 1 aromatic heterocycles. The smallest absolute Gasteiger partial charge is 0.328 e. The van der Waals surface area contributed by atoms with Crippen molar-refractivity contribution in [3.05, 3.63) is 18.6 Å². The number of hydrogen-bond acceptors (Lipinski definition) is 4. The summed E-state index contributed by atoms with van der Waals surface area (Å²) in [4.78, 5) is 32.9. The Kier molecular flexibility index (Phi) is 2.43. The number of nitrogens with zero attached hydrogens (tertiary/aromatic N) is 4. The van der Waals surface area contributed by atoms with Crippen LogP contribution in [0.3, 0.4) is 0 Å². The fourth-order valence-corrected chi connectivity index (χ4v) is 1.56. The highest BCUT2D eigenvalue weighted by Crippen LogP contribution is 2.19. The molecule has 16 heavy (non-hydrogen) atoms. The third-order valence-electron chi connectivity index (χ3n) is 2.47. The van der Waals surface area contributed by atoms with Gasteiger partial charge in [0.25, 0.3) is 0 Å². The summed E-state index contributed by atoms with van der Waals surface area (Å²) in [5, 5.41) is 8.91. The highest BCUT2D eigenvalue weighted by molar-refractivity contribution is 5.97. The topological polar surface area (TPSA) is 86.6 Å². The van der Waals surface area contributed by atoms with Gasteiger partial charge in [0.05, 0.1) is 12.7 Å². The van der Waals surface area contributed by atoms with Crippen LogP contribution in [0.1, 0.15) is 0 Å². The van der Waals surface area contributed by atoms with E-state index in [1.807, 2.05) is 0 Å². The number of carbonyl (C=O) groups excluding carboxylic acids is 1. The van der Waals surface area contributed by atoms with E-state index in [4.69, 9.17) is 5.11 Å². The molecule has 1 aromatic rings. The number of carbonyl (C=O) groups is 2. The average molecular weight is 222 g/mol. The fraction of sp³-hybridized carbons (Fsp3) is 0.333. The average Bonchev–Trinajstić information content (AvgIpc) is 2.58. The first-order chi connectivity index (χ1) is 7.61. The molecule has 0 bridgehead atoms. The molecule has 0 radical (unpaired) electrons. The van der Waals surface area contributed by atoms with E-state index in [0.717, 1.165) is 0 Å². The van der Waals surface area contributed by atoms with Crippen molar-refractivity contribution in [2.45, 2.75) is 6.04 Å². The number of likely N-dealkylation sites (N-methyl/N-ethyl adjacent to an activating group) is 1. The second-order valence-corrected chi connectivity index (χ2v) is 3.42. The molecule has 0 aromatic carbocycles. The largest absolute Gasteiger partial charge is 0.480 e. The maximum absolute atomic E-state index is 11.7. The van der Waals surface area contributed by atoms with E-state index in [1.165, 1.54) is 35.4 Å². The van der Waals surface area contributed by atoms with E-state index in [1.54, 1.807) is 0 Å². The van der Waals surface area contributed by atoms with E-state index in [2.05, 4.69) is 9.97 Å². The lowest BCUT2D eigenvalue weighted by atomic mass is 10.3. The predicted molar refractivity (Wildman–Crippen MR) is 54.0 cm³/mol. The minimum absolute atomic E-state index is 0.0867. The minimum atomic E-state index is -1.03. The lowest BCUT2D eigenvalue weighted by Gasteiger charge is -2.13. The van der Waals surface area contributed by atoms with Crippen molar-refractivity contribution in [2.24, 2.45) is 0 Å². The van der Waals surface area contributed by atoms with Gasteiger partial charge in [-0.15, -0.1) is 0 Å². The molecule has 1 N–H and O–H groups in total. The Hall–Kier alpha value is -2.18. The van der Waals surface area contributed by atoms with Gasteiger partial charge < -0.3 is 10.0 Å². The SMILES string of the molecule is CN1C(=O)N(c2cnccn2)CC1C(=O)O. The van der Waals surface area contributed by atoms with Gasteiger partial charge in [-0.2, -0.15) is 0 Å². The number of aromatic nitrogens is 2. The molecule has 0 spiro atoms. The van der Waals surface area contributed by atoms with Gasteiger partial charge in [-0.3, -0.25) is 9.88 Å². The molecule has 1 aliphatic rings. The second kappa shape index (κ2) is 3.76. The Morgan fingerprint density at radius 2 is 2.31 bits per heavy atom. The molecule has 0 saturated carbocycles. The summed E-state index contributed by atoms with van der Waals surface area (Å²) in [6.07, 6.45) is 4.37. The molecule has 1 atom stereocenters. The number of anilines is 1. The van der Waals surface area contributed by atoms with Crippen LogP contribution in [0.5, 0.6) is 0 Å². The zero-order valence-electron chi connectivity index (χ0n) is 8.57. The first kappa shape index (κ1) is 10.3. The predicted octanol–water partition coefficient (Wildman–Crippen LogP) is -0.198. The maximum atomic E-state index is 11.7. The monoisotopic (exact) mass is 222 g/mol. The summed E-state index contributed by atoms with van der Waals surface area (Å²) < 4.78 is 0. The molecule has 2 rings (SSSR count). The number of rotatable bonds is 2.